The summed E-state index contributed by atoms with van der Waals surface area (Å²) in [6, 6.07) is 8.71. The van der Waals surface area contributed by atoms with E-state index in [4.69, 9.17) is 5.11 Å². The highest BCUT2D eigenvalue weighted by Gasteiger charge is 1.74. The lowest BCUT2D eigenvalue weighted by Gasteiger charge is -1.82. The third-order valence-electron chi connectivity index (χ3n) is 0.756. The van der Waals surface area contributed by atoms with E-state index < -0.39 is 0 Å². The van der Waals surface area contributed by atoms with Crippen molar-refractivity contribution in [2.24, 2.45) is 0 Å². The Balaban J connectivity index is 0. The van der Waals surface area contributed by atoms with E-state index in [1.807, 2.05) is 6.07 Å². The summed E-state index contributed by atoms with van der Waals surface area (Å²) >= 11 is 4.64. The molecule has 68 valence electrons. The molecule has 0 amide bonds. The van der Waals surface area contributed by atoms with E-state index in [1.165, 1.54) is 6.92 Å². The zero-order valence-electron chi connectivity index (χ0n) is 6.53. The van der Waals surface area contributed by atoms with E-state index in [2.05, 4.69) is 11.6 Å². The first-order chi connectivity index (χ1) is 5.13. The number of aromatic hydroxyl groups is 1. The molecule has 4 heteroatoms. The van der Waals surface area contributed by atoms with Gasteiger partial charge in [0.15, 0.2) is 0 Å². The van der Waals surface area contributed by atoms with Crippen LogP contribution in [0.5, 0.6) is 5.75 Å². The predicted octanol–water partition coefficient (Wildman–Crippen LogP) is 2.59. The maximum atomic E-state index is 9.21. The number of para-hydroxylation sites is 1. The molecular weight excluding hydrogens is 199 g/mol. The predicted molar refractivity (Wildman–Crippen MR) is 51.9 cm³/mol. The standard InChI is InChI=1S/C6H6O.C2H3ClO.ClH/c7-6-4-2-1-3-5-6;1-2(3)4;/h1-5,7H;1H3;1H. The highest BCUT2D eigenvalue weighted by molar-refractivity contribution is 6.62. The number of carbonyl (C=O) groups excluding carboxylic acids is 1. The summed E-state index contributed by atoms with van der Waals surface area (Å²) in [4.78, 5) is 9.21. The van der Waals surface area contributed by atoms with E-state index in [0.29, 0.717) is 5.75 Å². The lowest BCUT2D eigenvalue weighted by Crippen LogP contribution is -1.62. The van der Waals surface area contributed by atoms with Gasteiger partial charge in [0.25, 0.3) is 0 Å². The molecule has 0 saturated carbocycles. The van der Waals surface area contributed by atoms with Gasteiger partial charge in [-0.15, -0.1) is 12.4 Å². The zero-order chi connectivity index (χ0) is 8.69. The number of benzene rings is 1. The van der Waals surface area contributed by atoms with Crippen LogP contribution in [0.3, 0.4) is 0 Å². The molecule has 0 saturated heterocycles. The van der Waals surface area contributed by atoms with E-state index in [-0.39, 0.29) is 17.6 Å². The highest BCUT2D eigenvalue weighted by Crippen LogP contribution is 2.02. The second-order valence-corrected chi connectivity index (χ2v) is 2.34. The average Bonchev–Trinajstić information content (AvgIpc) is 1.87. The van der Waals surface area contributed by atoms with Gasteiger partial charge in [0.2, 0.25) is 5.24 Å². The zero-order valence-corrected chi connectivity index (χ0v) is 8.10. The molecule has 0 aliphatic carbocycles. The fourth-order valence-electron chi connectivity index (χ4n) is 0.428. The normalized spacial score (nSPS) is 7.17. The minimum Gasteiger partial charge on any atom is -0.508 e. The highest BCUT2D eigenvalue weighted by atomic mass is 35.5. The summed E-state index contributed by atoms with van der Waals surface area (Å²) < 4.78 is 0. The third kappa shape index (κ3) is 12.0. The molecule has 0 bridgehead atoms. The van der Waals surface area contributed by atoms with Crippen molar-refractivity contribution < 1.29 is 9.90 Å². The van der Waals surface area contributed by atoms with E-state index >= 15 is 0 Å². The van der Waals surface area contributed by atoms with Crippen molar-refractivity contribution in [1.82, 2.24) is 0 Å². The summed E-state index contributed by atoms with van der Waals surface area (Å²) in [7, 11) is 0. The number of rotatable bonds is 0. The van der Waals surface area contributed by atoms with E-state index in [0.717, 1.165) is 0 Å². The molecular formula is C8H10Cl2O2. The molecule has 1 aromatic carbocycles. The van der Waals surface area contributed by atoms with Crippen LogP contribution < -0.4 is 0 Å². The van der Waals surface area contributed by atoms with Gasteiger partial charge >= 0.3 is 0 Å². The quantitative estimate of drug-likeness (QED) is 0.666. The molecule has 1 rings (SSSR count). The van der Waals surface area contributed by atoms with Crippen LogP contribution in [0.4, 0.5) is 0 Å². The van der Waals surface area contributed by atoms with Gasteiger partial charge in [-0.1, -0.05) is 18.2 Å². The van der Waals surface area contributed by atoms with E-state index in [1.54, 1.807) is 24.3 Å². The van der Waals surface area contributed by atoms with Crippen LogP contribution in [0.25, 0.3) is 0 Å². The molecule has 0 aliphatic rings. The largest absolute Gasteiger partial charge is 0.508 e. The van der Waals surface area contributed by atoms with E-state index in [9.17, 15) is 4.79 Å². The summed E-state index contributed by atoms with van der Waals surface area (Å²) in [6.07, 6.45) is 0. The number of carbonyl (C=O) groups is 1. The second kappa shape index (κ2) is 8.37. The van der Waals surface area contributed by atoms with Crippen molar-refractivity contribution in [1.29, 1.82) is 0 Å². The number of hydrogen-bond donors (Lipinski definition) is 1. The lowest BCUT2D eigenvalue weighted by molar-refractivity contribution is -0.109. The van der Waals surface area contributed by atoms with Crippen LogP contribution in [-0.4, -0.2) is 10.3 Å². The maximum Gasteiger partial charge on any atom is 0.218 e. The van der Waals surface area contributed by atoms with Gasteiger partial charge in [-0.2, -0.15) is 0 Å². The fourth-order valence-corrected chi connectivity index (χ4v) is 0.428. The molecule has 12 heavy (non-hydrogen) atoms. The van der Waals surface area contributed by atoms with Crippen LogP contribution >= 0.6 is 24.0 Å². The third-order valence-corrected chi connectivity index (χ3v) is 0.756. The minimum atomic E-state index is -0.361. The Hall–Kier alpha value is -0.730. The first-order valence-corrected chi connectivity index (χ1v) is 3.41. The lowest BCUT2D eigenvalue weighted by atomic mass is 10.3. The monoisotopic (exact) mass is 208 g/mol. The Morgan fingerprint density at radius 2 is 1.67 bits per heavy atom. The van der Waals surface area contributed by atoms with Crippen molar-refractivity contribution in [3.63, 3.8) is 0 Å². The van der Waals surface area contributed by atoms with Crippen LogP contribution in [0.1, 0.15) is 6.92 Å². The number of halogens is 2. The van der Waals surface area contributed by atoms with Gasteiger partial charge in [0.05, 0.1) is 0 Å². The number of hydrogen-bond acceptors (Lipinski definition) is 2. The number of phenolic OH excluding ortho intramolecular Hbond substituents is 1. The van der Waals surface area contributed by atoms with Crippen LogP contribution in [0.15, 0.2) is 30.3 Å². The number of phenols is 1. The molecule has 0 fully saturated rings. The van der Waals surface area contributed by atoms with Gasteiger partial charge in [0, 0.05) is 6.92 Å². The molecule has 0 unspecified atom stereocenters. The molecule has 0 heterocycles. The Kier molecular flexibility index (Phi) is 9.65. The topological polar surface area (TPSA) is 37.3 Å². The van der Waals surface area contributed by atoms with Crippen molar-refractivity contribution in [2.75, 3.05) is 0 Å². The first-order valence-electron chi connectivity index (χ1n) is 3.03. The van der Waals surface area contributed by atoms with Crippen LogP contribution in [0.2, 0.25) is 0 Å². The Bertz CT molecular complexity index is 208. The van der Waals surface area contributed by atoms with Crippen LogP contribution in [-0.2, 0) is 4.79 Å². The molecule has 0 atom stereocenters. The summed E-state index contributed by atoms with van der Waals surface area (Å²) in [5.74, 6) is 0.322. The molecule has 0 aliphatic heterocycles. The molecule has 1 N–H and O–H groups in total. The van der Waals surface area contributed by atoms with Crippen molar-refractivity contribution in [3.05, 3.63) is 30.3 Å². The minimum absolute atomic E-state index is 0. The summed E-state index contributed by atoms with van der Waals surface area (Å²) in [6.45, 7) is 1.29. The Morgan fingerprint density at radius 3 is 1.83 bits per heavy atom. The first kappa shape index (κ1) is 13.8. The smallest absolute Gasteiger partial charge is 0.218 e. The maximum absolute atomic E-state index is 9.21. The van der Waals surface area contributed by atoms with Gasteiger partial charge in [-0.25, -0.2) is 0 Å². The van der Waals surface area contributed by atoms with Crippen molar-refractivity contribution in [2.45, 2.75) is 6.92 Å². The Morgan fingerprint density at radius 1 is 1.33 bits per heavy atom. The van der Waals surface area contributed by atoms with Gasteiger partial charge in [-0.3, -0.25) is 4.79 Å². The van der Waals surface area contributed by atoms with Gasteiger partial charge < -0.3 is 5.11 Å². The van der Waals surface area contributed by atoms with Crippen LogP contribution in [0, 0.1) is 0 Å². The molecule has 0 aromatic heterocycles. The van der Waals surface area contributed by atoms with Crippen molar-refractivity contribution in [3.8, 4) is 5.75 Å². The summed E-state index contributed by atoms with van der Waals surface area (Å²) in [5, 5.41) is 8.27. The molecule has 0 radical (unpaired) electrons. The van der Waals surface area contributed by atoms with Gasteiger partial charge in [-0.05, 0) is 23.7 Å². The SMILES string of the molecule is CC(=O)Cl.Cl.Oc1ccccc1. The Labute approximate surface area is 82.6 Å². The fraction of sp³-hybridized carbons (Fsp3) is 0.125. The second-order valence-electron chi connectivity index (χ2n) is 1.81. The van der Waals surface area contributed by atoms with Crippen molar-refractivity contribution >= 4 is 29.3 Å². The molecule has 1 aromatic rings. The average molecular weight is 209 g/mol. The molecule has 0 spiro atoms. The van der Waals surface area contributed by atoms with Gasteiger partial charge in [0.1, 0.15) is 5.75 Å². The summed E-state index contributed by atoms with van der Waals surface area (Å²) in [5.41, 5.74) is 0. The molecule has 2 nitrogen and oxygen atoms in total.